The monoisotopic (exact) mass is 745 g/mol. The molecule has 0 bridgehead atoms. The Hall–Kier alpha value is -5.15. The van der Waals surface area contributed by atoms with E-state index < -0.39 is 0 Å². The molecule has 0 aliphatic carbocycles. The summed E-state index contributed by atoms with van der Waals surface area (Å²) in [5.74, 6) is 2.89. The second-order valence-electron chi connectivity index (χ2n) is 13.9. The van der Waals surface area contributed by atoms with Gasteiger partial charge in [-0.3, -0.25) is 9.63 Å². The number of hydroxylamine groups is 2. The van der Waals surface area contributed by atoms with E-state index in [4.69, 9.17) is 30.6 Å². The molecule has 2 heterocycles. The molecule has 54 heavy (non-hydrogen) atoms. The second kappa shape index (κ2) is 18.7. The molecule has 0 radical (unpaired) electrons. The quantitative estimate of drug-likeness (QED) is 0.105. The first-order chi connectivity index (χ1) is 26.2. The Kier molecular flexibility index (Phi) is 13.4. The van der Waals surface area contributed by atoms with Crippen molar-refractivity contribution in [2.45, 2.75) is 53.2 Å². The first-order valence-electron chi connectivity index (χ1n) is 18.5. The van der Waals surface area contributed by atoms with E-state index in [0.29, 0.717) is 74.3 Å². The third-order valence-corrected chi connectivity index (χ3v) is 9.55. The molecule has 0 unspecified atom stereocenters. The topological polar surface area (TPSA) is 73.4 Å². The SMILES string of the molecule is Cc1ccc(COc2ccc(Oc3c(C)cc(C=CC(=O)N4CCON(Cc5ccc(CCOc6ccc(C(C)C)cc6)cc5)CC4)cc3Cl)nc2)cc1. The number of carbonyl (C=O) groups excluding carboxylic acids is 1. The number of carbonyl (C=O) groups is 1. The number of aryl methyl sites for hydroxylation is 2. The summed E-state index contributed by atoms with van der Waals surface area (Å²) < 4.78 is 17.9. The fourth-order valence-electron chi connectivity index (χ4n) is 6.01. The van der Waals surface area contributed by atoms with Crippen molar-refractivity contribution in [1.82, 2.24) is 14.9 Å². The van der Waals surface area contributed by atoms with Crippen LogP contribution in [0.25, 0.3) is 6.08 Å². The van der Waals surface area contributed by atoms with Crippen molar-refractivity contribution >= 4 is 23.6 Å². The average Bonchev–Trinajstić information content (AvgIpc) is 3.42. The highest BCUT2D eigenvalue weighted by atomic mass is 35.5. The Bertz CT molecular complexity index is 1970. The maximum Gasteiger partial charge on any atom is 0.246 e. The smallest absolute Gasteiger partial charge is 0.246 e. The number of aromatic nitrogens is 1. The van der Waals surface area contributed by atoms with Crippen LogP contribution in [0.5, 0.6) is 23.1 Å². The number of benzene rings is 4. The van der Waals surface area contributed by atoms with Crippen molar-refractivity contribution in [3.63, 3.8) is 0 Å². The van der Waals surface area contributed by atoms with Crippen molar-refractivity contribution in [2.24, 2.45) is 0 Å². The Morgan fingerprint density at radius 2 is 1.57 bits per heavy atom. The van der Waals surface area contributed by atoms with Gasteiger partial charge in [0.25, 0.3) is 0 Å². The lowest BCUT2D eigenvalue weighted by Gasteiger charge is -2.20. The zero-order valence-corrected chi connectivity index (χ0v) is 32.2. The van der Waals surface area contributed by atoms with Gasteiger partial charge in [-0.25, -0.2) is 4.98 Å². The maximum atomic E-state index is 13.2. The molecule has 0 saturated carbocycles. The molecule has 0 atom stereocenters. The van der Waals surface area contributed by atoms with Gasteiger partial charge >= 0.3 is 0 Å². The minimum Gasteiger partial charge on any atom is -0.493 e. The van der Waals surface area contributed by atoms with Crippen LogP contribution < -0.4 is 14.2 Å². The van der Waals surface area contributed by atoms with Gasteiger partial charge in [0.1, 0.15) is 18.1 Å². The zero-order valence-electron chi connectivity index (χ0n) is 31.5. The highest BCUT2D eigenvalue weighted by molar-refractivity contribution is 6.32. The number of nitrogens with zero attached hydrogens (tertiary/aromatic N) is 3. The van der Waals surface area contributed by atoms with E-state index in [-0.39, 0.29) is 5.91 Å². The summed E-state index contributed by atoms with van der Waals surface area (Å²) in [6.45, 7) is 12.2. The van der Waals surface area contributed by atoms with E-state index in [2.05, 4.69) is 74.3 Å². The van der Waals surface area contributed by atoms with Crippen LogP contribution in [-0.4, -0.2) is 53.7 Å². The lowest BCUT2D eigenvalue weighted by molar-refractivity contribution is -0.155. The average molecular weight is 746 g/mol. The number of halogens is 1. The van der Waals surface area contributed by atoms with Gasteiger partial charge in [0.15, 0.2) is 5.75 Å². The van der Waals surface area contributed by atoms with Gasteiger partial charge in [-0.15, -0.1) is 0 Å². The van der Waals surface area contributed by atoms with Crippen molar-refractivity contribution in [1.29, 1.82) is 0 Å². The first-order valence-corrected chi connectivity index (χ1v) is 18.8. The number of hydrogen-bond donors (Lipinski definition) is 0. The van der Waals surface area contributed by atoms with Gasteiger partial charge in [0.2, 0.25) is 11.8 Å². The fourth-order valence-corrected chi connectivity index (χ4v) is 6.32. The molecule has 1 aromatic heterocycles. The predicted molar refractivity (Wildman–Crippen MR) is 214 cm³/mol. The van der Waals surface area contributed by atoms with Crippen LogP contribution in [-0.2, 0) is 29.2 Å². The summed E-state index contributed by atoms with van der Waals surface area (Å²) in [4.78, 5) is 25.4. The highest BCUT2D eigenvalue weighted by Gasteiger charge is 2.19. The van der Waals surface area contributed by atoms with Crippen LogP contribution >= 0.6 is 11.6 Å². The molecule has 4 aromatic carbocycles. The molecule has 0 spiro atoms. The summed E-state index contributed by atoms with van der Waals surface area (Å²) >= 11 is 6.64. The van der Waals surface area contributed by atoms with Gasteiger partial charge in [0, 0.05) is 44.7 Å². The van der Waals surface area contributed by atoms with Gasteiger partial charge in [-0.2, -0.15) is 5.06 Å². The zero-order chi connectivity index (χ0) is 37.9. The molecule has 9 heteroatoms. The van der Waals surface area contributed by atoms with E-state index in [1.54, 1.807) is 30.5 Å². The van der Waals surface area contributed by atoms with E-state index in [0.717, 1.165) is 34.4 Å². The van der Waals surface area contributed by atoms with Gasteiger partial charge in [0.05, 0.1) is 24.4 Å². The molecule has 5 aromatic rings. The summed E-state index contributed by atoms with van der Waals surface area (Å²) in [5.41, 5.74) is 7.60. The Labute approximate surface area is 323 Å². The number of pyridine rings is 1. The van der Waals surface area contributed by atoms with Crippen molar-refractivity contribution in [3.05, 3.63) is 153 Å². The minimum atomic E-state index is -0.0779. The first kappa shape index (κ1) is 38.6. The van der Waals surface area contributed by atoms with Crippen LogP contribution in [0.4, 0.5) is 0 Å². The van der Waals surface area contributed by atoms with E-state index in [1.807, 2.05) is 53.3 Å². The number of amides is 1. The molecule has 280 valence electrons. The van der Waals surface area contributed by atoms with Crippen LogP contribution in [0.1, 0.15) is 58.7 Å². The summed E-state index contributed by atoms with van der Waals surface area (Å²) in [7, 11) is 0. The van der Waals surface area contributed by atoms with Gasteiger partial charge in [-0.1, -0.05) is 91.7 Å². The molecular formula is C45H48ClN3O5. The third-order valence-electron chi connectivity index (χ3n) is 9.27. The van der Waals surface area contributed by atoms with Crippen LogP contribution in [0.3, 0.4) is 0 Å². The minimum absolute atomic E-state index is 0.0779. The van der Waals surface area contributed by atoms with E-state index in [9.17, 15) is 4.79 Å². The number of rotatable bonds is 14. The van der Waals surface area contributed by atoms with Crippen molar-refractivity contribution in [2.75, 3.05) is 32.8 Å². The molecule has 1 aliphatic heterocycles. The molecule has 1 aliphatic rings. The van der Waals surface area contributed by atoms with Crippen molar-refractivity contribution in [3.8, 4) is 23.1 Å². The van der Waals surface area contributed by atoms with Gasteiger partial charge in [-0.05, 0) is 89.6 Å². The standard InChI is InChI=1S/C45H48ClN3O5/c1-32(2)39-14-16-40(17-15-39)51-25-21-35-9-11-36(12-10-35)30-49-23-22-48(24-26-53-49)44(50)20-13-38-27-34(4)45(42(46)28-38)54-43-19-18-41(29-47-43)52-31-37-7-5-33(3)6-8-37/h5-20,27-29,32H,21-26,30-31H2,1-4H3. The van der Waals surface area contributed by atoms with Crippen LogP contribution in [0, 0.1) is 13.8 Å². The summed E-state index contributed by atoms with van der Waals surface area (Å²) in [6.07, 6.45) is 5.83. The summed E-state index contributed by atoms with van der Waals surface area (Å²) in [5, 5.41) is 2.36. The Morgan fingerprint density at radius 1 is 0.852 bits per heavy atom. The maximum absolute atomic E-state index is 13.2. The van der Waals surface area contributed by atoms with Crippen molar-refractivity contribution < 1.29 is 23.8 Å². The largest absolute Gasteiger partial charge is 0.493 e. The van der Waals surface area contributed by atoms with Gasteiger partial charge < -0.3 is 19.1 Å². The van der Waals surface area contributed by atoms with E-state index >= 15 is 0 Å². The summed E-state index contributed by atoms with van der Waals surface area (Å²) in [6, 6.07) is 32.4. The molecular weight excluding hydrogens is 698 g/mol. The van der Waals surface area contributed by atoms with E-state index in [1.165, 1.54) is 16.7 Å². The second-order valence-corrected chi connectivity index (χ2v) is 14.3. The highest BCUT2D eigenvalue weighted by Crippen LogP contribution is 2.34. The molecule has 1 saturated heterocycles. The molecule has 8 nitrogen and oxygen atoms in total. The molecule has 6 rings (SSSR count). The molecule has 1 amide bonds. The normalized spacial score (nSPS) is 13.6. The predicted octanol–water partition coefficient (Wildman–Crippen LogP) is 9.76. The Morgan fingerprint density at radius 3 is 2.28 bits per heavy atom. The number of ether oxygens (including phenoxy) is 3. The lowest BCUT2D eigenvalue weighted by atomic mass is 10.0. The van der Waals surface area contributed by atoms with Crippen LogP contribution in [0.2, 0.25) is 5.02 Å². The Balaban J connectivity index is 0.940. The molecule has 0 N–H and O–H groups in total. The molecule has 1 fully saturated rings. The van der Waals surface area contributed by atoms with Crippen LogP contribution in [0.15, 0.2) is 109 Å². The lowest BCUT2D eigenvalue weighted by Crippen LogP contribution is -2.34. The third kappa shape index (κ3) is 11.2. The fraction of sp³-hybridized carbons (Fsp3) is 0.289. The number of hydrogen-bond acceptors (Lipinski definition) is 7.